The van der Waals surface area contributed by atoms with Gasteiger partial charge in [-0.3, -0.25) is 0 Å². The summed E-state index contributed by atoms with van der Waals surface area (Å²) >= 11 is 0. The predicted molar refractivity (Wildman–Crippen MR) is 74.6 cm³/mol. The summed E-state index contributed by atoms with van der Waals surface area (Å²) in [6, 6.07) is 4.97. The average Bonchev–Trinajstić information content (AvgIpc) is 2.81. The van der Waals surface area contributed by atoms with Crippen LogP contribution in [0.2, 0.25) is 0 Å². The number of furan rings is 1. The molecule has 1 aromatic rings. The molecule has 1 fully saturated rings. The van der Waals surface area contributed by atoms with E-state index in [1.807, 2.05) is 6.07 Å². The Kier molecular flexibility index (Phi) is 5.26. The summed E-state index contributed by atoms with van der Waals surface area (Å²) in [6.07, 6.45) is 6.86. The van der Waals surface area contributed by atoms with Gasteiger partial charge in [0.2, 0.25) is 0 Å². The van der Waals surface area contributed by atoms with Crippen molar-refractivity contribution in [3.05, 3.63) is 24.2 Å². The molecule has 3 nitrogen and oxygen atoms in total. The average molecular weight is 250 g/mol. The highest BCUT2D eigenvalue weighted by atomic mass is 16.3. The Hall–Kier alpha value is -0.800. The zero-order valence-electron chi connectivity index (χ0n) is 11.7. The zero-order chi connectivity index (χ0) is 12.8. The molecule has 0 bridgehead atoms. The first-order chi connectivity index (χ1) is 8.79. The van der Waals surface area contributed by atoms with Gasteiger partial charge in [0.25, 0.3) is 0 Å². The minimum absolute atomic E-state index is 0.322. The van der Waals surface area contributed by atoms with Crippen molar-refractivity contribution in [1.29, 1.82) is 0 Å². The molecule has 2 heterocycles. The van der Waals surface area contributed by atoms with Crippen molar-refractivity contribution in [1.82, 2.24) is 10.2 Å². The number of hydrogen-bond donors (Lipinski definition) is 1. The van der Waals surface area contributed by atoms with E-state index in [9.17, 15) is 0 Å². The maximum atomic E-state index is 5.45. The second-order valence-electron chi connectivity index (χ2n) is 5.37. The Morgan fingerprint density at radius 2 is 2.33 bits per heavy atom. The highest BCUT2D eigenvalue weighted by Crippen LogP contribution is 2.18. The first kappa shape index (κ1) is 13.6. The predicted octanol–water partition coefficient (Wildman–Crippen LogP) is 3.19. The second kappa shape index (κ2) is 6.95. The fourth-order valence-electron chi connectivity index (χ4n) is 2.84. The molecule has 18 heavy (non-hydrogen) atoms. The molecule has 1 aliphatic rings. The number of rotatable bonds is 5. The molecule has 1 N–H and O–H groups in total. The molecule has 1 aromatic heterocycles. The highest BCUT2D eigenvalue weighted by Gasteiger charge is 2.19. The largest absolute Gasteiger partial charge is 0.468 e. The van der Waals surface area contributed by atoms with Crippen LogP contribution in [-0.2, 0) is 0 Å². The van der Waals surface area contributed by atoms with Gasteiger partial charge in [0.1, 0.15) is 5.76 Å². The smallest absolute Gasteiger partial charge is 0.120 e. The maximum absolute atomic E-state index is 5.45. The monoisotopic (exact) mass is 250 g/mol. The van der Waals surface area contributed by atoms with Crippen LogP contribution in [0.1, 0.15) is 51.3 Å². The maximum Gasteiger partial charge on any atom is 0.120 e. The van der Waals surface area contributed by atoms with Gasteiger partial charge in [0.15, 0.2) is 0 Å². The van der Waals surface area contributed by atoms with Crippen LogP contribution in [0.25, 0.3) is 0 Å². The van der Waals surface area contributed by atoms with Gasteiger partial charge in [-0.15, -0.1) is 0 Å². The van der Waals surface area contributed by atoms with E-state index in [1.165, 1.54) is 45.3 Å². The normalized spacial score (nSPS) is 23.8. The molecule has 2 unspecified atom stereocenters. The molecular weight excluding hydrogens is 224 g/mol. The zero-order valence-corrected chi connectivity index (χ0v) is 11.7. The Morgan fingerprint density at radius 3 is 3.06 bits per heavy atom. The minimum atomic E-state index is 0.322. The van der Waals surface area contributed by atoms with Crippen LogP contribution in [0, 0.1) is 0 Å². The first-order valence-electron chi connectivity index (χ1n) is 7.31. The fourth-order valence-corrected chi connectivity index (χ4v) is 2.84. The summed E-state index contributed by atoms with van der Waals surface area (Å²) in [5.74, 6) is 1.05. The summed E-state index contributed by atoms with van der Waals surface area (Å²) in [6.45, 7) is 8.20. The highest BCUT2D eigenvalue weighted by molar-refractivity contribution is 5.03. The van der Waals surface area contributed by atoms with Crippen LogP contribution >= 0.6 is 0 Å². The van der Waals surface area contributed by atoms with Gasteiger partial charge < -0.3 is 14.6 Å². The molecule has 2 atom stereocenters. The van der Waals surface area contributed by atoms with E-state index in [-0.39, 0.29) is 0 Å². The van der Waals surface area contributed by atoms with Crippen LogP contribution < -0.4 is 5.32 Å². The lowest BCUT2D eigenvalue weighted by Gasteiger charge is -2.21. The van der Waals surface area contributed by atoms with Crippen molar-refractivity contribution in [2.45, 2.75) is 51.6 Å². The second-order valence-corrected chi connectivity index (χ2v) is 5.37. The van der Waals surface area contributed by atoms with Crippen LogP contribution in [-0.4, -0.2) is 30.6 Å². The third-order valence-electron chi connectivity index (χ3n) is 3.82. The lowest BCUT2D eigenvalue weighted by Crippen LogP contribution is -2.33. The first-order valence-corrected chi connectivity index (χ1v) is 7.31. The van der Waals surface area contributed by atoms with Gasteiger partial charge in [-0.05, 0) is 64.4 Å². The fraction of sp³-hybridized carbons (Fsp3) is 0.733. The molecule has 1 saturated heterocycles. The molecule has 3 heteroatoms. The molecule has 2 rings (SSSR count). The SMILES string of the molecule is CCCN1CCCC(NC(C)c2ccco2)CC1. The third kappa shape index (κ3) is 3.85. The molecule has 0 spiro atoms. The van der Waals surface area contributed by atoms with E-state index in [4.69, 9.17) is 4.42 Å². The molecule has 1 aliphatic heterocycles. The molecule has 0 aliphatic carbocycles. The number of hydrogen-bond acceptors (Lipinski definition) is 3. The topological polar surface area (TPSA) is 28.4 Å². The Labute approximate surface area is 111 Å². The standard InChI is InChI=1S/C15H26N2O/c1-3-9-17-10-4-6-14(8-11-17)16-13(2)15-7-5-12-18-15/h5,7,12-14,16H,3-4,6,8-11H2,1-2H3. The van der Waals surface area contributed by atoms with Crippen LogP contribution in [0.4, 0.5) is 0 Å². The van der Waals surface area contributed by atoms with Gasteiger partial charge >= 0.3 is 0 Å². The van der Waals surface area contributed by atoms with E-state index < -0.39 is 0 Å². The summed E-state index contributed by atoms with van der Waals surface area (Å²) in [7, 11) is 0. The quantitative estimate of drug-likeness (QED) is 0.870. The van der Waals surface area contributed by atoms with Crippen molar-refractivity contribution in [3.8, 4) is 0 Å². The number of likely N-dealkylation sites (tertiary alicyclic amines) is 1. The van der Waals surface area contributed by atoms with Crippen molar-refractivity contribution in [3.63, 3.8) is 0 Å². The summed E-state index contributed by atoms with van der Waals surface area (Å²) < 4.78 is 5.45. The van der Waals surface area contributed by atoms with Crippen LogP contribution in [0.3, 0.4) is 0 Å². The van der Waals surface area contributed by atoms with Crippen molar-refractivity contribution >= 4 is 0 Å². The molecule has 0 radical (unpaired) electrons. The molecule has 102 valence electrons. The molecule has 0 aromatic carbocycles. The summed E-state index contributed by atoms with van der Waals surface area (Å²) in [5, 5.41) is 3.70. The van der Waals surface area contributed by atoms with Crippen LogP contribution in [0.5, 0.6) is 0 Å². The number of nitrogens with zero attached hydrogens (tertiary/aromatic N) is 1. The number of nitrogens with one attached hydrogen (secondary N) is 1. The molecule has 0 amide bonds. The Morgan fingerprint density at radius 1 is 1.44 bits per heavy atom. The van der Waals surface area contributed by atoms with Gasteiger partial charge in [0.05, 0.1) is 12.3 Å². The lowest BCUT2D eigenvalue weighted by molar-refractivity contribution is 0.280. The third-order valence-corrected chi connectivity index (χ3v) is 3.82. The Balaban J connectivity index is 1.79. The van der Waals surface area contributed by atoms with Crippen molar-refractivity contribution in [2.24, 2.45) is 0 Å². The van der Waals surface area contributed by atoms with Gasteiger partial charge in [-0.1, -0.05) is 6.92 Å². The van der Waals surface area contributed by atoms with E-state index in [0.29, 0.717) is 12.1 Å². The van der Waals surface area contributed by atoms with E-state index in [2.05, 4.69) is 30.1 Å². The molecule has 0 saturated carbocycles. The summed E-state index contributed by atoms with van der Waals surface area (Å²) in [4.78, 5) is 2.60. The van der Waals surface area contributed by atoms with Crippen molar-refractivity contribution < 1.29 is 4.42 Å². The minimum Gasteiger partial charge on any atom is -0.468 e. The van der Waals surface area contributed by atoms with Crippen LogP contribution in [0.15, 0.2) is 22.8 Å². The van der Waals surface area contributed by atoms with E-state index in [1.54, 1.807) is 6.26 Å². The van der Waals surface area contributed by atoms with Gasteiger partial charge in [-0.2, -0.15) is 0 Å². The Bertz CT molecular complexity index is 323. The summed E-state index contributed by atoms with van der Waals surface area (Å²) in [5.41, 5.74) is 0. The molecular formula is C15H26N2O. The van der Waals surface area contributed by atoms with E-state index >= 15 is 0 Å². The van der Waals surface area contributed by atoms with Gasteiger partial charge in [0, 0.05) is 6.04 Å². The van der Waals surface area contributed by atoms with Crippen molar-refractivity contribution in [2.75, 3.05) is 19.6 Å². The van der Waals surface area contributed by atoms with Gasteiger partial charge in [-0.25, -0.2) is 0 Å². The van der Waals surface area contributed by atoms with E-state index in [0.717, 1.165) is 5.76 Å². The lowest BCUT2D eigenvalue weighted by atomic mass is 10.1.